The van der Waals surface area contributed by atoms with Crippen LogP contribution in [0.4, 0.5) is 0 Å². The molecule has 0 spiro atoms. The van der Waals surface area contributed by atoms with Gasteiger partial charge in [0.25, 0.3) is 0 Å². The van der Waals surface area contributed by atoms with Gasteiger partial charge in [-0.1, -0.05) is 59.2 Å². The lowest BCUT2D eigenvalue weighted by molar-refractivity contribution is 0.267. The lowest BCUT2D eigenvalue weighted by Gasteiger charge is -2.14. The van der Waals surface area contributed by atoms with Gasteiger partial charge in [-0.05, 0) is 24.7 Å². The van der Waals surface area contributed by atoms with Crippen molar-refractivity contribution in [1.29, 1.82) is 0 Å². The molecule has 0 aliphatic rings. The summed E-state index contributed by atoms with van der Waals surface area (Å²) in [7, 11) is 2.05. The second-order valence-corrected chi connectivity index (χ2v) is 5.78. The van der Waals surface area contributed by atoms with Crippen LogP contribution in [0.1, 0.15) is 11.3 Å². The van der Waals surface area contributed by atoms with Crippen molar-refractivity contribution in [2.45, 2.75) is 13.1 Å². The van der Waals surface area contributed by atoms with Crippen LogP contribution in [0, 0.1) is 0 Å². The summed E-state index contributed by atoms with van der Waals surface area (Å²) < 4.78 is 5.43. The van der Waals surface area contributed by atoms with Crippen molar-refractivity contribution in [3.05, 3.63) is 77.0 Å². The number of aromatic nitrogens is 1. The fourth-order valence-electron chi connectivity index (χ4n) is 2.40. The zero-order chi connectivity index (χ0) is 15.4. The monoisotopic (exact) mass is 312 g/mol. The Labute approximate surface area is 135 Å². The highest BCUT2D eigenvalue weighted by Gasteiger charge is 2.09. The summed E-state index contributed by atoms with van der Waals surface area (Å²) in [5, 5.41) is 4.90. The van der Waals surface area contributed by atoms with Crippen LogP contribution >= 0.6 is 11.6 Å². The molecule has 0 fully saturated rings. The topological polar surface area (TPSA) is 29.3 Å². The van der Waals surface area contributed by atoms with E-state index in [1.54, 1.807) is 0 Å². The normalized spacial score (nSPS) is 11.0. The number of halogens is 1. The van der Waals surface area contributed by atoms with Crippen LogP contribution in [0.15, 0.2) is 65.2 Å². The molecular formula is C18H17ClN2O. The van der Waals surface area contributed by atoms with Crippen LogP contribution < -0.4 is 0 Å². The van der Waals surface area contributed by atoms with Gasteiger partial charge < -0.3 is 4.52 Å². The van der Waals surface area contributed by atoms with Gasteiger partial charge in [0.15, 0.2) is 5.76 Å². The fourth-order valence-corrected chi connectivity index (χ4v) is 2.61. The Balaban J connectivity index is 1.65. The van der Waals surface area contributed by atoms with E-state index in [0.29, 0.717) is 6.54 Å². The summed E-state index contributed by atoms with van der Waals surface area (Å²) in [4.78, 5) is 2.17. The van der Waals surface area contributed by atoms with Crippen molar-refractivity contribution in [2.24, 2.45) is 0 Å². The van der Waals surface area contributed by atoms with Gasteiger partial charge in [0.05, 0.1) is 6.54 Å². The quantitative estimate of drug-likeness (QED) is 0.688. The summed E-state index contributed by atoms with van der Waals surface area (Å²) in [6.07, 6.45) is 0. The van der Waals surface area contributed by atoms with Crippen LogP contribution in [0.25, 0.3) is 11.3 Å². The van der Waals surface area contributed by atoms with E-state index in [4.69, 9.17) is 16.1 Å². The van der Waals surface area contributed by atoms with E-state index < -0.39 is 0 Å². The van der Waals surface area contributed by atoms with E-state index in [9.17, 15) is 0 Å². The number of hydrogen-bond acceptors (Lipinski definition) is 3. The molecule has 4 heteroatoms. The average molecular weight is 313 g/mol. The highest BCUT2D eigenvalue weighted by molar-refractivity contribution is 6.30. The van der Waals surface area contributed by atoms with Crippen LogP contribution in [0.5, 0.6) is 0 Å². The Hall–Kier alpha value is -2.10. The minimum Gasteiger partial charge on any atom is -0.359 e. The van der Waals surface area contributed by atoms with Crippen LogP contribution in [-0.2, 0) is 13.1 Å². The molecule has 0 saturated carbocycles. The second-order valence-electron chi connectivity index (χ2n) is 5.35. The molecule has 0 amide bonds. The second kappa shape index (κ2) is 6.77. The molecule has 0 aliphatic heterocycles. The number of hydrogen-bond donors (Lipinski definition) is 0. The van der Waals surface area contributed by atoms with Gasteiger partial charge in [-0.15, -0.1) is 0 Å². The molecule has 1 heterocycles. The summed E-state index contributed by atoms with van der Waals surface area (Å²) >= 11 is 6.01. The first-order valence-electron chi connectivity index (χ1n) is 7.15. The molecular weight excluding hydrogens is 296 g/mol. The van der Waals surface area contributed by atoms with E-state index in [2.05, 4.69) is 16.1 Å². The standard InChI is InChI=1S/C18H17ClN2O/c1-21(12-14-6-5-9-16(19)10-14)13-17-11-18(20-22-17)15-7-3-2-4-8-15/h2-11H,12-13H2,1H3. The van der Waals surface area contributed by atoms with E-state index >= 15 is 0 Å². The molecule has 0 aliphatic carbocycles. The molecule has 3 rings (SSSR count). The van der Waals surface area contributed by atoms with Crippen LogP contribution in [0.3, 0.4) is 0 Å². The van der Waals surface area contributed by atoms with Gasteiger partial charge in [-0.25, -0.2) is 0 Å². The lowest BCUT2D eigenvalue weighted by Crippen LogP contribution is -2.16. The molecule has 0 radical (unpaired) electrons. The minimum absolute atomic E-state index is 0.701. The first-order chi connectivity index (χ1) is 10.7. The summed E-state index contributed by atoms with van der Waals surface area (Å²) in [6, 6.07) is 19.9. The molecule has 1 aromatic heterocycles. The van der Waals surface area contributed by atoms with Gasteiger partial charge in [0, 0.05) is 23.2 Å². The van der Waals surface area contributed by atoms with Gasteiger partial charge in [-0.3, -0.25) is 4.90 Å². The largest absolute Gasteiger partial charge is 0.359 e. The summed E-state index contributed by atoms with van der Waals surface area (Å²) in [5.41, 5.74) is 3.11. The number of nitrogens with zero attached hydrogens (tertiary/aromatic N) is 2. The smallest absolute Gasteiger partial charge is 0.151 e. The SMILES string of the molecule is CN(Cc1cccc(Cl)c1)Cc1cc(-c2ccccc2)no1. The fraction of sp³-hybridized carbons (Fsp3) is 0.167. The molecule has 3 aromatic rings. The molecule has 0 unspecified atom stereocenters. The predicted molar refractivity (Wildman–Crippen MR) is 88.6 cm³/mol. The van der Waals surface area contributed by atoms with E-state index in [1.165, 1.54) is 5.56 Å². The van der Waals surface area contributed by atoms with Crippen LogP contribution in [-0.4, -0.2) is 17.1 Å². The Kier molecular flexibility index (Phi) is 4.56. The molecule has 0 N–H and O–H groups in total. The Morgan fingerprint density at radius 2 is 1.82 bits per heavy atom. The maximum Gasteiger partial charge on any atom is 0.151 e. The third-order valence-electron chi connectivity index (χ3n) is 3.40. The van der Waals surface area contributed by atoms with Gasteiger partial charge in [-0.2, -0.15) is 0 Å². The van der Waals surface area contributed by atoms with Crippen molar-refractivity contribution in [1.82, 2.24) is 10.1 Å². The first-order valence-corrected chi connectivity index (χ1v) is 7.52. The molecule has 0 saturated heterocycles. The highest BCUT2D eigenvalue weighted by atomic mass is 35.5. The van der Waals surface area contributed by atoms with Crippen molar-refractivity contribution in [3.8, 4) is 11.3 Å². The maximum atomic E-state index is 6.01. The van der Waals surface area contributed by atoms with Crippen molar-refractivity contribution in [2.75, 3.05) is 7.05 Å². The van der Waals surface area contributed by atoms with E-state index in [0.717, 1.165) is 28.6 Å². The van der Waals surface area contributed by atoms with Crippen molar-refractivity contribution in [3.63, 3.8) is 0 Å². The predicted octanol–water partition coefficient (Wildman–Crippen LogP) is 4.63. The molecule has 0 bridgehead atoms. The highest BCUT2D eigenvalue weighted by Crippen LogP contribution is 2.20. The zero-order valence-corrected chi connectivity index (χ0v) is 13.1. The van der Waals surface area contributed by atoms with Crippen LogP contribution in [0.2, 0.25) is 5.02 Å². The molecule has 3 nitrogen and oxygen atoms in total. The molecule has 112 valence electrons. The van der Waals surface area contributed by atoms with Gasteiger partial charge in [0.2, 0.25) is 0 Å². The first kappa shape index (κ1) is 14.8. The lowest BCUT2D eigenvalue weighted by atomic mass is 10.1. The van der Waals surface area contributed by atoms with Crippen molar-refractivity contribution >= 4 is 11.6 Å². The van der Waals surface area contributed by atoms with E-state index in [-0.39, 0.29) is 0 Å². The molecule has 22 heavy (non-hydrogen) atoms. The summed E-state index contributed by atoms with van der Waals surface area (Å²) in [6.45, 7) is 1.51. The molecule has 2 aromatic carbocycles. The third kappa shape index (κ3) is 3.75. The molecule has 0 atom stereocenters. The Morgan fingerprint density at radius 3 is 2.59 bits per heavy atom. The summed E-state index contributed by atoms with van der Waals surface area (Å²) in [5.74, 6) is 0.850. The average Bonchev–Trinajstić information content (AvgIpc) is 2.96. The Morgan fingerprint density at radius 1 is 1.00 bits per heavy atom. The van der Waals surface area contributed by atoms with Crippen molar-refractivity contribution < 1.29 is 4.52 Å². The number of benzene rings is 2. The maximum absolute atomic E-state index is 6.01. The minimum atomic E-state index is 0.701. The zero-order valence-electron chi connectivity index (χ0n) is 12.4. The number of rotatable bonds is 5. The van der Waals surface area contributed by atoms with Gasteiger partial charge >= 0.3 is 0 Å². The van der Waals surface area contributed by atoms with Gasteiger partial charge in [0.1, 0.15) is 5.69 Å². The Bertz CT molecular complexity index is 740. The third-order valence-corrected chi connectivity index (χ3v) is 3.63. The van der Waals surface area contributed by atoms with E-state index in [1.807, 2.05) is 61.6 Å².